The summed E-state index contributed by atoms with van der Waals surface area (Å²) in [6, 6.07) is 1.96. The molecule has 0 radical (unpaired) electrons. The first kappa shape index (κ1) is 11.3. The molecule has 1 aromatic rings. The van der Waals surface area contributed by atoms with Gasteiger partial charge in [-0.1, -0.05) is 12.8 Å². The summed E-state index contributed by atoms with van der Waals surface area (Å²) in [4.78, 5) is 0. The Labute approximate surface area is 103 Å². The smallest absolute Gasteiger partial charge is 0.106 e. The third-order valence-electron chi connectivity index (χ3n) is 5.10. The van der Waals surface area contributed by atoms with Gasteiger partial charge in [-0.3, -0.25) is 4.68 Å². The summed E-state index contributed by atoms with van der Waals surface area (Å²) < 4.78 is 1.83. The van der Waals surface area contributed by atoms with Crippen molar-refractivity contribution in [3.63, 3.8) is 0 Å². The van der Waals surface area contributed by atoms with Gasteiger partial charge in [-0.2, -0.15) is 5.10 Å². The molecule has 17 heavy (non-hydrogen) atoms. The first-order valence-corrected chi connectivity index (χ1v) is 6.85. The Hall–Kier alpha value is -0.830. The lowest BCUT2D eigenvalue weighted by atomic mass is 9.67. The number of hydrogen-bond donors (Lipinski definition) is 1. The maximum atomic E-state index is 10.8. The van der Waals surface area contributed by atoms with E-state index in [1.807, 2.05) is 17.8 Å². The zero-order valence-electron chi connectivity index (χ0n) is 10.7. The van der Waals surface area contributed by atoms with Crippen molar-refractivity contribution in [2.24, 2.45) is 12.5 Å². The van der Waals surface area contributed by atoms with Gasteiger partial charge in [0.1, 0.15) is 5.60 Å². The molecule has 0 atom stereocenters. The molecule has 1 heterocycles. The summed E-state index contributed by atoms with van der Waals surface area (Å²) in [7, 11) is 1.92. The van der Waals surface area contributed by atoms with Crippen molar-refractivity contribution in [3.05, 3.63) is 18.0 Å². The van der Waals surface area contributed by atoms with Crippen molar-refractivity contribution in [2.45, 2.75) is 57.0 Å². The molecule has 1 aromatic heterocycles. The Bertz CT molecular complexity index is 394. The molecular weight excluding hydrogens is 212 g/mol. The molecule has 2 fully saturated rings. The number of hydrogen-bond acceptors (Lipinski definition) is 2. The largest absolute Gasteiger partial charge is 0.384 e. The number of rotatable bonds is 1. The van der Waals surface area contributed by atoms with Crippen LogP contribution in [-0.2, 0) is 12.6 Å². The van der Waals surface area contributed by atoms with E-state index in [-0.39, 0.29) is 0 Å². The van der Waals surface area contributed by atoms with Gasteiger partial charge in [-0.25, -0.2) is 0 Å². The molecule has 3 nitrogen and oxygen atoms in total. The van der Waals surface area contributed by atoms with Gasteiger partial charge < -0.3 is 5.11 Å². The van der Waals surface area contributed by atoms with E-state index >= 15 is 0 Å². The molecule has 1 N–H and O–H groups in total. The predicted molar refractivity (Wildman–Crippen MR) is 66.5 cm³/mol. The van der Waals surface area contributed by atoms with E-state index in [1.165, 1.54) is 38.5 Å². The lowest BCUT2D eigenvalue weighted by Crippen LogP contribution is -2.37. The normalized spacial score (nSPS) is 26.5. The second-order valence-corrected chi connectivity index (χ2v) is 6.08. The maximum absolute atomic E-state index is 10.8. The first-order chi connectivity index (χ1) is 8.14. The van der Waals surface area contributed by atoms with Crippen LogP contribution in [0.3, 0.4) is 0 Å². The van der Waals surface area contributed by atoms with E-state index < -0.39 is 5.60 Å². The molecule has 0 aliphatic heterocycles. The summed E-state index contributed by atoms with van der Waals surface area (Å²) in [5, 5.41) is 15.0. The number of aliphatic hydroxyl groups is 1. The standard InChI is InChI=1S/C14H22N2O/c1-16-12(4-11-15-16)14(17)9-7-13(8-10-14)5-2-3-6-13/h4,11,17H,2-3,5-10H2,1H3. The van der Waals surface area contributed by atoms with Crippen LogP contribution in [0.1, 0.15) is 57.1 Å². The Balaban J connectivity index is 1.77. The number of aryl methyl sites for hydroxylation is 1. The molecule has 0 aromatic carbocycles. The van der Waals surface area contributed by atoms with Crippen molar-refractivity contribution in [3.8, 4) is 0 Å². The highest BCUT2D eigenvalue weighted by atomic mass is 16.3. The van der Waals surface area contributed by atoms with E-state index in [4.69, 9.17) is 0 Å². The number of nitrogens with zero attached hydrogens (tertiary/aromatic N) is 2. The van der Waals surface area contributed by atoms with Crippen LogP contribution in [0.5, 0.6) is 0 Å². The highest BCUT2D eigenvalue weighted by molar-refractivity contribution is 5.14. The minimum atomic E-state index is -0.626. The van der Waals surface area contributed by atoms with Crippen molar-refractivity contribution < 1.29 is 5.11 Å². The summed E-state index contributed by atoms with van der Waals surface area (Å²) >= 11 is 0. The van der Waals surface area contributed by atoms with Gasteiger partial charge in [-0.05, 0) is 50.0 Å². The SMILES string of the molecule is Cn1nccc1C1(O)CCC2(CCCC2)CC1. The quantitative estimate of drug-likeness (QED) is 0.811. The van der Waals surface area contributed by atoms with Crippen molar-refractivity contribution in [2.75, 3.05) is 0 Å². The van der Waals surface area contributed by atoms with Crippen LogP contribution < -0.4 is 0 Å². The Morgan fingerprint density at radius 3 is 2.29 bits per heavy atom. The van der Waals surface area contributed by atoms with E-state index in [1.54, 1.807) is 6.20 Å². The van der Waals surface area contributed by atoms with E-state index in [0.717, 1.165) is 18.5 Å². The molecule has 2 aliphatic carbocycles. The zero-order chi connectivity index (χ0) is 11.9. The van der Waals surface area contributed by atoms with Crippen LogP contribution in [0.25, 0.3) is 0 Å². The third kappa shape index (κ3) is 1.81. The zero-order valence-corrected chi connectivity index (χ0v) is 10.7. The fraction of sp³-hybridized carbons (Fsp3) is 0.786. The van der Waals surface area contributed by atoms with E-state index in [0.29, 0.717) is 5.41 Å². The molecular formula is C14H22N2O. The average Bonchev–Trinajstić information content (AvgIpc) is 2.94. The minimum Gasteiger partial charge on any atom is -0.384 e. The molecule has 2 aliphatic rings. The lowest BCUT2D eigenvalue weighted by molar-refractivity contribution is -0.0434. The molecule has 2 saturated carbocycles. The molecule has 0 amide bonds. The van der Waals surface area contributed by atoms with Gasteiger partial charge in [0.2, 0.25) is 0 Å². The van der Waals surface area contributed by atoms with Gasteiger partial charge >= 0.3 is 0 Å². The molecule has 0 unspecified atom stereocenters. The van der Waals surface area contributed by atoms with E-state index in [9.17, 15) is 5.11 Å². The molecule has 0 bridgehead atoms. The van der Waals surface area contributed by atoms with Gasteiger partial charge in [0.25, 0.3) is 0 Å². The van der Waals surface area contributed by atoms with Gasteiger partial charge in [0.15, 0.2) is 0 Å². The highest BCUT2D eigenvalue weighted by Gasteiger charge is 2.44. The second kappa shape index (κ2) is 3.84. The van der Waals surface area contributed by atoms with Crippen LogP contribution in [0.4, 0.5) is 0 Å². The Morgan fingerprint density at radius 1 is 1.12 bits per heavy atom. The van der Waals surface area contributed by atoms with Gasteiger partial charge in [-0.15, -0.1) is 0 Å². The highest BCUT2D eigenvalue weighted by Crippen LogP contribution is 2.53. The monoisotopic (exact) mass is 234 g/mol. The summed E-state index contributed by atoms with van der Waals surface area (Å²) in [5.74, 6) is 0. The first-order valence-electron chi connectivity index (χ1n) is 6.85. The van der Waals surface area contributed by atoms with E-state index in [2.05, 4.69) is 5.10 Å². The van der Waals surface area contributed by atoms with Crippen molar-refractivity contribution in [1.29, 1.82) is 0 Å². The molecule has 1 spiro atoms. The topological polar surface area (TPSA) is 38.0 Å². The predicted octanol–water partition coefficient (Wildman–Crippen LogP) is 2.74. The molecule has 3 rings (SSSR count). The fourth-order valence-corrected chi connectivity index (χ4v) is 3.91. The average molecular weight is 234 g/mol. The molecule has 0 saturated heterocycles. The van der Waals surface area contributed by atoms with Crippen LogP contribution in [0.15, 0.2) is 12.3 Å². The summed E-state index contributed by atoms with van der Waals surface area (Å²) in [6.07, 6.45) is 11.5. The maximum Gasteiger partial charge on any atom is 0.106 e. The Morgan fingerprint density at radius 2 is 1.76 bits per heavy atom. The van der Waals surface area contributed by atoms with Crippen LogP contribution >= 0.6 is 0 Å². The Kier molecular flexibility index (Phi) is 2.54. The number of aromatic nitrogens is 2. The van der Waals surface area contributed by atoms with Crippen LogP contribution in [-0.4, -0.2) is 14.9 Å². The van der Waals surface area contributed by atoms with Gasteiger partial charge in [0.05, 0.1) is 5.69 Å². The molecule has 3 heteroatoms. The summed E-state index contributed by atoms with van der Waals surface area (Å²) in [5.41, 5.74) is 0.939. The van der Waals surface area contributed by atoms with Gasteiger partial charge in [0, 0.05) is 13.2 Å². The van der Waals surface area contributed by atoms with Crippen LogP contribution in [0, 0.1) is 5.41 Å². The van der Waals surface area contributed by atoms with Crippen LogP contribution in [0.2, 0.25) is 0 Å². The third-order valence-corrected chi connectivity index (χ3v) is 5.10. The molecule has 94 valence electrons. The van der Waals surface area contributed by atoms with Crippen molar-refractivity contribution >= 4 is 0 Å². The van der Waals surface area contributed by atoms with Crippen molar-refractivity contribution in [1.82, 2.24) is 9.78 Å². The second-order valence-electron chi connectivity index (χ2n) is 6.08. The lowest BCUT2D eigenvalue weighted by Gasteiger charge is -2.42. The summed E-state index contributed by atoms with van der Waals surface area (Å²) in [6.45, 7) is 0. The minimum absolute atomic E-state index is 0.574. The fourth-order valence-electron chi connectivity index (χ4n) is 3.91.